The highest BCUT2D eigenvalue weighted by molar-refractivity contribution is 5.19. The second-order valence-electron chi connectivity index (χ2n) is 4.59. The predicted molar refractivity (Wildman–Crippen MR) is 73.0 cm³/mol. The molecular formula is C15H25NO. The minimum absolute atomic E-state index is 0.0688. The molecule has 0 bridgehead atoms. The molecular weight excluding hydrogens is 210 g/mol. The van der Waals surface area contributed by atoms with Crippen LogP contribution >= 0.6 is 0 Å². The number of aliphatic hydroxyl groups is 1. The molecule has 1 aromatic carbocycles. The van der Waals surface area contributed by atoms with Crippen molar-refractivity contribution in [2.24, 2.45) is 0 Å². The first-order valence-electron chi connectivity index (χ1n) is 6.73. The van der Waals surface area contributed by atoms with Gasteiger partial charge in [0.15, 0.2) is 0 Å². The third-order valence-electron chi connectivity index (χ3n) is 3.10. The Balaban J connectivity index is 2.61. The topological polar surface area (TPSA) is 32.3 Å². The molecule has 96 valence electrons. The smallest absolute Gasteiger partial charge is 0.0626 e. The van der Waals surface area contributed by atoms with Gasteiger partial charge in [-0.05, 0) is 18.4 Å². The van der Waals surface area contributed by atoms with Crippen LogP contribution in [0, 0.1) is 0 Å². The molecule has 0 aliphatic heterocycles. The molecule has 2 N–H and O–H groups in total. The van der Waals surface area contributed by atoms with Crippen LogP contribution in [-0.2, 0) is 0 Å². The summed E-state index contributed by atoms with van der Waals surface area (Å²) in [6, 6.07) is 10.8. The van der Waals surface area contributed by atoms with Crippen molar-refractivity contribution in [1.82, 2.24) is 5.32 Å². The van der Waals surface area contributed by atoms with Gasteiger partial charge in [0, 0.05) is 6.04 Å². The Kier molecular flexibility index (Phi) is 6.90. The highest BCUT2D eigenvalue weighted by atomic mass is 16.3. The molecule has 0 amide bonds. The largest absolute Gasteiger partial charge is 0.394 e. The van der Waals surface area contributed by atoms with Crippen molar-refractivity contribution < 1.29 is 5.11 Å². The lowest BCUT2D eigenvalue weighted by Crippen LogP contribution is -2.34. The first-order chi connectivity index (χ1) is 8.31. The molecule has 1 atom stereocenters. The van der Waals surface area contributed by atoms with Crippen molar-refractivity contribution in [3.05, 3.63) is 35.9 Å². The van der Waals surface area contributed by atoms with Gasteiger partial charge in [0.1, 0.15) is 0 Å². The first kappa shape index (κ1) is 14.2. The molecule has 0 saturated heterocycles. The van der Waals surface area contributed by atoms with Crippen molar-refractivity contribution in [1.29, 1.82) is 0 Å². The summed E-state index contributed by atoms with van der Waals surface area (Å²) in [6.07, 6.45) is 4.73. The van der Waals surface area contributed by atoms with Gasteiger partial charge in [-0.15, -0.1) is 0 Å². The summed E-state index contributed by atoms with van der Waals surface area (Å²) >= 11 is 0. The summed E-state index contributed by atoms with van der Waals surface area (Å²) in [6.45, 7) is 4.58. The van der Waals surface area contributed by atoms with Crippen molar-refractivity contribution in [3.8, 4) is 0 Å². The van der Waals surface area contributed by atoms with Gasteiger partial charge in [-0.3, -0.25) is 0 Å². The van der Waals surface area contributed by atoms with E-state index in [4.69, 9.17) is 0 Å². The van der Waals surface area contributed by atoms with Gasteiger partial charge in [0.05, 0.1) is 12.6 Å². The summed E-state index contributed by atoms with van der Waals surface area (Å²) in [4.78, 5) is 0. The molecule has 0 aromatic heterocycles. The lowest BCUT2D eigenvalue weighted by atomic mass is 10.0. The highest BCUT2D eigenvalue weighted by Gasteiger charge is 2.14. The molecule has 0 unspecified atom stereocenters. The van der Waals surface area contributed by atoms with Crippen molar-refractivity contribution in [2.45, 2.75) is 51.6 Å². The number of hydrogen-bond acceptors (Lipinski definition) is 2. The van der Waals surface area contributed by atoms with Crippen molar-refractivity contribution in [3.63, 3.8) is 0 Å². The zero-order chi connectivity index (χ0) is 12.5. The maximum Gasteiger partial charge on any atom is 0.0626 e. The Labute approximate surface area is 105 Å². The molecule has 17 heavy (non-hydrogen) atoms. The highest BCUT2D eigenvalue weighted by Crippen LogP contribution is 2.15. The third-order valence-corrected chi connectivity index (χ3v) is 3.10. The molecule has 2 heteroatoms. The normalized spacial score (nSPS) is 12.9. The fraction of sp³-hybridized carbons (Fsp3) is 0.600. The fourth-order valence-corrected chi connectivity index (χ4v) is 2.23. The van der Waals surface area contributed by atoms with E-state index in [2.05, 4.69) is 31.3 Å². The summed E-state index contributed by atoms with van der Waals surface area (Å²) in [5, 5.41) is 13.1. The molecule has 0 radical (unpaired) electrons. The van der Waals surface area contributed by atoms with E-state index in [9.17, 15) is 5.11 Å². The Hall–Kier alpha value is -0.860. The van der Waals surface area contributed by atoms with E-state index < -0.39 is 0 Å². The number of benzene rings is 1. The van der Waals surface area contributed by atoms with Crippen LogP contribution in [0.5, 0.6) is 0 Å². The van der Waals surface area contributed by atoms with Crippen LogP contribution < -0.4 is 5.32 Å². The standard InChI is InChI=1S/C15H25NO/c1-3-8-14(9-4-2)16-15(12-17)13-10-6-5-7-11-13/h5-7,10-11,14-17H,3-4,8-9,12H2,1-2H3/t15-/m1/s1. The van der Waals surface area contributed by atoms with Crippen LogP contribution in [-0.4, -0.2) is 17.8 Å². The van der Waals surface area contributed by atoms with Crippen LogP contribution in [0.3, 0.4) is 0 Å². The van der Waals surface area contributed by atoms with Crippen LogP contribution in [0.2, 0.25) is 0 Å². The molecule has 0 fully saturated rings. The van der Waals surface area contributed by atoms with E-state index in [1.807, 2.05) is 18.2 Å². The third kappa shape index (κ3) is 4.88. The second kappa shape index (κ2) is 8.26. The zero-order valence-corrected chi connectivity index (χ0v) is 11.0. The van der Waals surface area contributed by atoms with Crippen LogP contribution in [0.1, 0.15) is 51.1 Å². The van der Waals surface area contributed by atoms with Gasteiger partial charge >= 0.3 is 0 Å². The van der Waals surface area contributed by atoms with Gasteiger partial charge in [-0.2, -0.15) is 0 Å². The molecule has 1 aromatic rings. The Morgan fingerprint density at radius 3 is 2.12 bits per heavy atom. The molecule has 1 rings (SSSR count). The summed E-state index contributed by atoms with van der Waals surface area (Å²) in [5.74, 6) is 0. The van der Waals surface area contributed by atoms with E-state index in [0.717, 1.165) is 0 Å². The van der Waals surface area contributed by atoms with Gasteiger partial charge in [-0.25, -0.2) is 0 Å². The minimum atomic E-state index is 0.0688. The Bertz CT molecular complexity index is 280. The van der Waals surface area contributed by atoms with Crippen LogP contribution in [0.4, 0.5) is 0 Å². The molecule has 0 saturated carbocycles. The Morgan fingerprint density at radius 1 is 1.06 bits per heavy atom. The SMILES string of the molecule is CCCC(CCC)N[C@H](CO)c1ccccc1. The summed E-state index contributed by atoms with van der Waals surface area (Å²) < 4.78 is 0. The first-order valence-corrected chi connectivity index (χ1v) is 6.73. The zero-order valence-electron chi connectivity index (χ0n) is 11.0. The van der Waals surface area contributed by atoms with E-state index in [-0.39, 0.29) is 12.6 Å². The van der Waals surface area contributed by atoms with E-state index in [1.54, 1.807) is 0 Å². The molecule has 0 heterocycles. The fourth-order valence-electron chi connectivity index (χ4n) is 2.23. The maximum absolute atomic E-state index is 9.50. The number of nitrogens with one attached hydrogen (secondary N) is 1. The number of hydrogen-bond donors (Lipinski definition) is 2. The number of aliphatic hydroxyl groups excluding tert-OH is 1. The summed E-state index contributed by atoms with van der Waals surface area (Å²) in [7, 11) is 0. The van der Waals surface area contributed by atoms with Gasteiger partial charge in [-0.1, -0.05) is 57.0 Å². The molecule has 2 nitrogen and oxygen atoms in total. The molecule has 0 aliphatic carbocycles. The number of rotatable bonds is 8. The summed E-state index contributed by atoms with van der Waals surface area (Å²) in [5.41, 5.74) is 1.17. The average molecular weight is 235 g/mol. The van der Waals surface area contributed by atoms with Crippen LogP contribution in [0.25, 0.3) is 0 Å². The maximum atomic E-state index is 9.50. The molecule has 0 spiro atoms. The lowest BCUT2D eigenvalue weighted by molar-refractivity contribution is 0.227. The van der Waals surface area contributed by atoms with Crippen LogP contribution in [0.15, 0.2) is 30.3 Å². The van der Waals surface area contributed by atoms with E-state index >= 15 is 0 Å². The quantitative estimate of drug-likeness (QED) is 0.724. The minimum Gasteiger partial charge on any atom is -0.394 e. The molecule has 0 aliphatic rings. The average Bonchev–Trinajstić information content (AvgIpc) is 2.37. The van der Waals surface area contributed by atoms with Gasteiger partial charge in [0.2, 0.25) is 0 Å². The van der Waals surface area contributed by atoms with Gasteiger partial charge in [0.25, 0.3) is 0 Å². The monoisotopic (exact) mass is 235 g/mol. The van der Waals surface area contributed by atoms with E-state index in [1.165, 1.54) is 31.2 Å². The Morgan fingerprint density at radius 2 is 1.65 bits per heavy atom. The second-order valence-corrected chi connectivity index (χ2v) is 4.59. The van der Waals surface area contributed by atoms with E-state index in [0.29, 0.717) is 6.04 Å². The lowest BCUT2D eigenvalue weighted by Gasteiger charge is -2.24. The predicted octanol–water partition coefficient (Wildman–Crippen LogP) is 3.28. The van der Waals surface area contributed by atoms with Crippen molar-refractivity contribution in [2.75, 3.05) is 6.61 Å². The van der Waals surface area contributed by atoms with Gasteiger partial charge < -0.3 is 10.4 Å². The van der Waals surface area contributed by atoms with Crippen molar-refractivity contribution >= 4 is 0 Å².